The Bertz CT molecular complexity index is 448. The van der Waals surface area contributed by atoms with Crippen molar-refractivity contribution in [2.45, 2.75) is 129 Å². The van der Waals surface area contributed by atoms with E-state index in [2.05, 4.69) is 11.4 Å². The van der Waals surface area contributed by atoms with Crippen LogP contribution in [0.3, 0.4) is 0 Å². The summed E-state index contributed by atoms with van der Waals surface area (Å²) in [5.74, 6) is -0.735. The van der Waals surface area contributed by atoms with Crippen molar-refractivity contribution < 1.29 is 18.8 Å². The second-order valence-electron chi connectivity index (χ2n) is 8.28. The molecule has 4 nitrogen and oxygen atoms in total. The van der Waals surface area contributed by atoms with Crippen LogP contribution < -0.4 is 0 Å². The fourth-order valence-corrected chi connectivity index (χ4v) is 4.62. The minimum absolute atomic E-state index is 0.0645. The first-order valence-corrected chi connectivity index (χ1v) is 14.0. The van der Waals surface area contributed by atoms with Crippen LogP contribution in [0.15, 0.2) is 12.2 Å². The summed E-state index contributed by atoms with van der Waals surface area (Å²) < 4.78 is 16.3. The van der Waals surface area contributed by atoms with E-state index < -0.39 is 13.6 Å². The largest absolute Gasteiger partial charge is 0.388 e. The van der Waals surface area contributed by atoms with Gasteiger partial charge in [0.15, 0.2) is 0 Å². The van der Waals surface area contributed by atoms with Gasteiger partial charge in [0.2, 0.25) is 0 Å². The summed E-state index contributed by atoms with van der Waals surface area (Å²) in [6, 6.07) is 0. The lowest BCUT2D eigenvalue weighted by Gasteiger charge is -2.10. The number of carbonyl (C=O) groups is 1. The Morgan fingerprint density at radius 2 is 1.07 bits per heavy atom. The molecule has 172 valence electrons. The highest BCUT2D eigenvalue weighted by Crippen LogP contribution is 2.43. The Kier molecular flexibility index (Phi) is 20.2. The summed E-state index contributed by atoms with van der Waals surface area (Å²) in [7, 11) is -3.77. The normalized spacial score (nSPS) is 13.6. The number of unbranched alkanes of at least 4 members (excludes halogenated alkanes) is 17. The van der Waals surface area contributed by atoms with Gasteiger partial charge in [-0.25, -0.2) is 9.36 Å². The molecule has 5 heteroatoms. The fourth-order valence-electron chi connectivity index (χ4n) is 3.57. The van der Waals surface area contributed by atoms with Gasteiger partial charge in [-0.1, -0.05) is 122 Å². The van der Waals surface area contributed by atoms with Crippen molar-refractivity contribution in [3.05, 3.63) is 12.2 Å². The van der Waals surface area contributed by atoms with Gasteiger partial charge in [0, 0.05) is 6.08 Å². The molecule has 0 spiro atoms. The van der Waals surface area contributed by atoms with E-state index in [0.29, 0.717) is 6.42 Å². The van der Waals surface area contributed by atoms with E-state index in [4.69, 9.17) is 0 Å². The maximum absolute atomic E-state index is 11.7. The van der Waals surface area contributed by atoms with Gasteiger partial charge in [0.25, 0.3) is 0 Å². The molecule has 0 fully saturated rings. The quantitative estimate of drug-likeness (QED) is 0.113. The molecular weight excluding hydrogens is 383 g/mol. The van der Waals surface area contributed by atoms with Crippen LogP contribution in [0.1, 0.15) is 129 Å². The second-order valence-corrected chi connectivity index (χ2v) is 10.2. The Labute approximate surface area is 180 Å². The van der Waals surface area contributed by atoms with Crippen LogP contribution in [0.2, 0.25) is 0 Å². The van der Waals surface area contributed by atoms with Crippen molar-refractivity contribution in [1.82, 2.24) is 0 Å². The molecule has 0 aromatic carbocycles. The molecule has 0 saturated carbocycles. The van der Waals surface area contributed by atoms with E-state index >= 15 is 0 Å². The summed E-state index contributed by atoms with van der Waals surface area (Å²) in [5, 5.41) is 0. The highest BCUT2D eigenvalue weighted by Gasteiger charge is 2.21. The van der Waals surface area contributed by atoms with Gasteiger partial charge in [-0.15, -0.1) is 0 Å². The van der Waals surface area contributed by atoms with Crippen molar-refractivity contribution in [3.8, 4) is 0 Å². The predicted molar refractivity (Wildman–Crippen MR) is 124 cm³/mol. The minimum Gasteiger partial charge on any atom is -0.388 e. The molecule has 0 aromatic heterocycles. The van der Waals surface area contributed by atoms with Crippen molar-refractivity contribution in [1.29, 1.82) is 0 Å². The Hall–Kier alpha value is -0.600. The molecule has 0 radical (unpaired) electrons. The molecule has 29 heavy (non-hydrogen) atoms. The van der Waals surface area contributed by atoms with Crippen LogP contribution in [0, 0.1) is 0 Å². The molecular formula is C24H47O4P. The summed E-state index contributed by atoms with van der Waals surface area (Å²) in [6.45, 7) is 3.94. The first-order chi connectivity index (χ1) is 14.0. The summed E-state index contributed by atoms with van der Waals surface area (Å²) in [5.41, 5.74) is 0. The summed E-state index contributed by atoms with van der Waals surface area (Å²) in [4.78, 5) is 20.8. The number of hydrogen-bond acceptors (Lipinski definition) is 3. The first-order valence-electron chi connectivity index (χ1n) is 12.2. The van der Waals surface area contributed by atoms with Crippen LogP contribution in [-0.2, 0) is 13.9 Å². The Balaban J connectivity index is 3.28. The van der Waals surface area contributed by atoms with E-state index in [1.54, 1.807) is 6.92 Å². The molecule has 1 atom stereocenters. The van der Waals surface area contributed by atoms with Crippen LogP contribution in [0.4, 0.5) is 0 Å². The second kappa shape index (κ2) is 20.7. The summed E-state index contributed by atoms with van der Waals surface area (Å²) >= 11 is 0. The van der Waals surface area contributed by atoms with Crippen molar-refractivity contribution in [3.63, 3.8) is 0 Å². The lowest BCUT2D eigenvalue weighted by molar-refractivity contribution is -0.129. The number of rotatable bonds is 21. The highest BCUT2D eigenvalue weighted by molar-refractivity contribution is 7.53. The SMILES string of the molecule is CC=CC(=O)OP(=O)(O)CCCCCCCCCCCCCCCCCCCC. The lowest BCUT2D eigenvalue weighted by atomic mass is 10.0. The van der Waals surface area contributed by atoms with Crippen LogP contribution in [0.5, 0.6) is 0 Å². The third-order valence-corrected chi connectivity index (χ3v) is 6.68. The third kappa shape index (κ3) is 21.9. The van der Waals surface area contributed by atoms with Gasteiger partial charge < -0.3 is 9.42 Å². The summed E-state index contributed by atoms with van der Waals surface area (Å²) in [6.07, 6.45) is 25.9. The Morgan fingerprint density at radius 1 is 0.724 bits per heavy atom. The number of allylic oxidation sites excluding steroid dienone is 1. The first kappa shape index (κ1) is 28.4. The molecule has 0 rings (SSSR count). The zero-order chi connectivity index (χ0) is 21.6. The van der Waals surface area contributed by atoms with Gasteiger partial charge in [-0.2, -0.15) is 0 Å². The monoisotopic (exact) mass is 430 g/mol. The maximum atomic E-state index is 11.7. The molecule has 0 aliphatic rings. The standard InChI is InChI=1S/C24H47O4P/c1-3-5-6-7-8-9-10-11-12-13-14-15-16-17-18-19-20-21-23-29(26,27)28-24(25)22-4-2/h4,22H,3,5-21,23H2,1-2H3,(H,26,27). The molecule has 0 saturated heterocycles. The molecule has 0 heterocycles. The fraction of sp³-hybridized carbons (Fsp3) is 0.875. The van der Waals surface area contributed by atoms with E-state index in [1.165, 1.54) is 108 Å². The third-order valence-electron chi connectivity index (χ3n) is 5.33. The number of carbonyl (C=O) groups excluding carboxylic acids is 1. The Morgan fingerprint density at radius 3 is 1.41 bits per heavy atom. The van der Waals surface area contributed by atoms with Crippen molar-refractivity contribution in [2.75, 3.05) is 6.16 Å². The maximum Gasteiger partial charge on any atom is 0.378 e. The van der Waals surface area contributed by atoms with E-state index in [9.17, 15) is 14.3 Å². The van der Waals surface area contributed by atoms with Gasteiger partial charge in [-0.05, 0) is 13.3 Å². The smallest absolute Gasteiger partial charge is 0.378 e. The molecule has 0 aliphatic carbocycles. The van der Waals surface area contributed by atoms with Gasteiger partial charge in [0.05, 0.1) is 6.16 Å². The zero-order valence-electron chi connectivity index (χ0n) is 19.2. The van der Waals surface area contributed by atoms with Crippen molar-refractivity contribution in [2.24, 2.45) is 0 Å². The lowest BCUT2D eigenvalue weighted by Crippen LogP contribution is -2.01. The molecule has 1 unspecified atom stereocenters. The average Bonchev–Trinajstić information content (AvgIpc) is 2.66. The van der Waals surface area contributed by atoms with E-state index in [-0.39, 0.29) is 6.16 Å². The van der Waals surface area contributed by atoms with Crippen LogP contribution in [0.25, 0.3) is 0 Å². The topological polar surface area (TPSA) is 63.6 Å². The molecule has 0 aliphatic heterocycles. The van der Waals surface area contributed by atoms with Crippen molar-refractivity contribution >= 4 is 13.6 Å². The minimum atomic E-state index is -3.77. The highest BCUT2D eigenvalue weighted by atomic mass is 31.2. The van der Waals surface area contributed by atoms with Gasteiger partial charge >= 0.3 is 13.6 Å². The van der Waals surface area contributed by atoms with E-state index in [0.717, 1.165) is 12.8 Å². The van der Waals surface area contributed by atoms with E-state index in [1.807, 2.05) is 0 Å². The average molecular weight is 431 g/mol. The van der Waals surface area contributed by atoms with Gasteiger partial charge in [0.1, 0.15) is 0 Å². The van der Waals surface area contributed by atoms with Crippen LogP contribution >= 0.6 is 7.60 Å². The number of hydrogen-bond donors (Lipinski definition) is 1. The molecule has 0 aromatic rings. The molecule has 0 amide bonds. The molecule has 1 N–H and O–H groups in total. The van der Waals surface area contributed by atoms with Gasteiger partial charge in [-0.3, -0.25) is 0 Å². The molecule has 0 bridgehead atoms. The zero-order valence-corrected chi connectivity index (χ0v) is 20.1. The predicted octanol–water partition coefficient (Wildman–Crippen LogP) is 8.33. The van der Waals surface area contributed by atoms with Crippen LogP contribution in [-0.4, -0.2) is 17.0 Å².